The van der Waals surface area contributed by atoms with Crippen LogP contribution in [0.2, 0.25) is 0 Å². The van der Waals surface area contributed by atoms with Crippen LogP contribution in [0.15, 0.2) is 18.2 Å². The van der Waals surface area contributed by atoms with Gasteiger partial charge in [-0.05, 0) is 25.5 Å². The average molecular weight is 296 g/mol. The summed E-state index contributed by atoms with van der Waals surface area (Å²) in [5, 5.41) is 0. The lowest BCUT2D eigenvalue weighted by atomic mass is 10.1. The topological polar surface area (TPSA) is 38.8 Å². The van der Waals surface area contributed by atoms with Crippen LogP contribution in [0.5, 0.6) is 5.75 Å². The lowest BCUT2D eigenvalue weighted by molar-refractivity contribution is -0.116. The maximum atomic E-state index is 11.9. The highest BCUT2D eigenvalue weighted by Gasteiger charge is 2.20. The summed E-state index contributed by atoms with van der Waals surface area (Å²) in [7, 11) is 0. The minimum absolute atomic E-state index is 0.117. The molecule has 0 heterocycles. The van der Waals surface area contributed by atoms with Gasteiger partial charge in [-0.15, -0.1) is 18.0 Å². The largest absolute Gasteiger partial charge is 0.465 e. The first-order valence-corrected chi connectivity index (χ1v) is 6.79. The standard InChI is InChI=1S/C15H18ClNO3/c1-4-9-17(14(18)10-16)15-12(3)7-6-8-13(15)20-11-19-5-2/h1,6-8H,5,9-11H2,2-3H3. The van der Waals surface area contributed by atoms with E-state index in [-0.39, 0.29) is 25.1 Å². The zero-order chi connectivity index (χ0) is 15.0. The molecule has 0 aliphatic carbocycles. The summed E-state index contributed by atoms with van der Waals surface area (Å²) in [6.45, 7) is 4.57. The van der Waals surface area contributed by atoms with Gasteiger partial charge in [-0.2, -0.15) is 0 Å². The Morgan fingerprint density at radius 1 is 1.50 bits per heavy atom. The molecule has 4 nitrogen and oxygen atoms in total. The van der Waals surface area contributed by atoms with Crippen LogP contribution in [0.1, 0.15) is 12.5 Å². The Bertz CT molecular complexity index is 496. The molecule has 0 bridgehead atoms. The number of carbonyl (C=O) groups is 1. The molecule has 0 saturated heterocycles. The van der Waals surface area contributed by atoms with Crippen molar-refractivity contribution in [3.8, 4) is 18.1 Å². The van der Waals surface area contributed by atoms with Crippen LogP contribution >= 0.6 is 11.6 Å². The number of aryl methyl sites for hydroxylation is 1. The molecule has 0 aliphatic rings. The summed E-state index contributed by atoms with van der Waals surface area (Å²) >= 11 is 5.64. The number of amides is 1. The van der Waals surface area contributed by atoms with Gasteiger partial charge in [0, 0.05) is 6.61 Å². The van der Waals surface area contributed by atoms with Gasteiger partial charge >= 0.3 is 0 Å². The molecule has 0 saturated carbocycles. The number of terminal acetylenes is 1. The highest BCUT2D eigenvalue weighted by atomic mass is 35.5. The number of rotatable bonds is 7. The van der Waals surface area contributed by atoms with E-state index in [2.05, 4.69) is 5.92 Å². The van der Waals surface area contributed by atoms with Crippen LogP contribution in [0.4, 0.5) is 5.69 Å². The van der Waals surface area contributed by atoms with E-state index in [0.717, 1.165) is 5.56 Å². The molecule has 1 aromatic carbocycles. The van der Waals surface area contributed by atoms with Crippen molar-refractivity contribution in [3.63, 3.8) is 0 Å². The summed E-state index contributed by atoms with van der Waals surface area (Å²) in [5.41, 5.74) is 1.52. The van der Waals surface area contributed by atoms with E-state index < -0.39 is 0 Å². The Labute approximate surface area is 124 Å². The lowest BCUT2D eigenvalue weighted by Crippen LogP contribution is -2.33. The van der Waals surface area contributed by atoms with Crippen molar-refractivity contribution < 1.29 is 14.3 Å². The monoisotopic (exact) mass is 295 g/mol. The van der Waals surface area contributed by atoms with Crippen molar-refractivity contribution in [2.24, 2.45) is 0 Å². The van der Waals surface area contributed by atoms with Gasteiger partial charge in [0.25, 0.3) is 0 Å². The van der Waals surface area contributed by atoms with Crippen LogP contribution in [0, 0.1) is 19.3 Å². The molecule has 108 valence electrons. The quantitative estimate of drug-likeness (QED) is 0.336. The predicted molar refractivity (Wildman–Crippen MR) is 80.2 cm³/mol. The summed E-state index contributed by atoms with van der Waals surface area (Å²) < 4.78 is 10.7. The zero-order valence-corrected chi connectivity index (χ0v) is 12.4. The van der Waals surface area contributed by atoms with Crippen molar-refractivity contribution in [2.75, 3.05) is 30.7 Å². The van der Waals surface area contributed by atoms with Gasteiger partial charge in [0.1, 0.15) is 11.6 Å². The van der Waals surface area contributed by atoms with Gasteiger partial charge in [0.05, 0.1) is 12.2 Å². The molecule has 0 radical (unpaired) electrons. The molecule has 5 heteroatoms. The van der Waals surface area contributed by atoms with Crippen LogP contribution in [-0.4, -0.2) is 31.7 Å². The SMILES string of the molecule is C#CCN(C(=O)CCl)c1c(C)cccc1OCOCC. The Hall–Kier alpha value is -1.70. The zero-order valence-electron chi connectivity index (χ0n) is 11.7. The number of para-hydroxylation sites is 1. The number of alkyl halides is 1. The molecule has 1 amide bonds. The number of benzene rings is 1. The number of hydrogen-bond donors (Lipinski definition) is 0. The third-order valence-corrected chi connectivity index (χ3v) is 2.87. The molecule has 0 unspecified atom stereocenters. The Balaban J connectivity index is 3.11. The fourth-order valence-electron chi connectivity index (χ4n) is 1.74. The minimum atomic E-state index is -0.264. The number of hydrogen-bond acceptors (Lipinski definition) is 3. The first-order chi connectivity index (χ1) is 9.65. The molecular weight excluding hydrogens is 278 g/mol. The highest BCUT2D eigenvalue weighted by Crippen LogP contribution is 2.32. The van der Waals surface area contributed by atoms with Gasteiger partial charge in [-0.25, -0.2) is 0 Å². The molecule has 0 atom stereocenters. The van der Waals surface area contributed by atoms with Gasteiger partial charge < -0.3 is 9.47 Å². The number of anilines is 1. The number of halogens is 1. The summed E-state index contributed by atoms with van der Waals surface area (Å²) in [6.07, 6.45) is 5.33. The minimum Gasteiger partial charge on any atom is -0.465 e. The van der Waals surface area contributed by atoms with Crippen LogP contribution in [0.3, 0.4) is 0 Å². The fraction of sp³-hybridized carbons (Fsp3) is 0.400. The van der Waals surface area contributed by atoms with E-state index >= 15 is 0 Å². The third kappa shape index (κ3) is 4.16. The summed E-state index contributed by atoms with van der Waals surface area (Å²) in [4.78, 5) is 13.4. The summed E-state index contributed by atoms with van der Waals surface area (Å²) in [5.74, 6) is 2.61. The van der Waals surface area contributed by atoms with Crippen LogP contribution < -0.4 is 9.64 Å². The highest BCUT2D eigenvalue weighted by molar-refractivity contribution is 6.29. The fourth-order valence-corrected chi connectivity index (χ4v) is 1.88. The smallest absolute Gasteiger partial charge is 0.242 e. The Morgan fingerprint density at radius 2 is 2.25 bits per heavy atom. The van der Waals surface area contributed by atoms with Crippen LogP contribution in [0.25, 0.3) is 0 Å². The second kappa shape index (κ2) is 8.47. The molecule has 1 rings (SSSR count). The van der Waals surface area contributed by atoms with Gasteiger partial charge in [0.2, 0.25) is 5.91 Å². The van der Waals surface area contributed by atoms with E-state index in [1.54, 1.807) is 6.07 Å². The number of nitrogens with zero attached hydrogens (tertiary/aromatic N) is 1. The van der Waals surface area contributed by atoms with Crippen molar-refractivity contribution >= 4 is 23.2 Å². The normalized spacial score (nSPS) is 9.90. The number of ether oxygens (including phenoxy) is 2. The molecule has 1 aromatic rings. The maximum Gasteiger partial charge on any atom is 0.242 e. The van der Waals surface area contributed by atoms with Crippen molar-refractivity contribution in [2.45, 2.75) is 13.8 Å². The molecule has 20 heavy (non-hydrogen) atoms. The lowest BCUT2D eigenvalue weighted by Gasteiger charge is -2.24. The van der Waals surface area contributed by atoms with Crippen LogP contribution in [-0.2, 0) is 9.53 Å². The van der Waals surface area contributed by atoms with E-state index in [1.807, 2.05) is 26.0 Å². The van der Waals surface area contributed by atoms with E-state index in [1.165, 1.54) is 4.90 Å². The molecule has 0 aromatic heterocycles. The van der Waals surface area contributed by atoms with Crippen molar-refractivity contribution in [1.29, 1.82) is 0 Å². The van der Waals surface area contributed by atoms with E-state index in [0.29, 0.717) is 18.0 Å². The van der Waals surface area contributed by atoms with Gasteiger partial charge in [-0.1, -0.05) is 18.1 Å². The Kier molecular flexibility index (Phi) is 6.92. The second-order valence-electron chi connectivity index (χ2n) is 3.99. The van der Waals surface area contributed by atoms with Gasteiger partial charge in [-0.3, -0.25) is 9.69 Å². The Morgan fingerprint density at radius 3 is 2.85 bits per heavy atom. The van der Waals surface area contributed by atoms with E-state index in [9.17, 15) is 4.79 Å². The van der Waals surface area contributed by atoms with Crippen molar-refractivity contribution in [3.05, 3.63) is 23.8 Å². The van der Waals surface area contributed by atoms with Crippen molar-refractivity contribution in [1.82, 2.24) is 0 Å². The van der Waals surface area contributed by atoms with E-state index in [4.69, 9.17) is 27.5 Å². The number of carbonyl (C=O) groups excluding carboxylic acids is 1. The molecule has 0 N–H and O–H groups in total. The summed E-state index contributed by atoms with van der Waals surface area (Å²) in [6, 6.07) is 5.50. The molecule has 0 aliphatic heterocycles. The molecular formula is C15H18ClNO3. The molecule has 0 fully saturated rings. The van der Waals surface area contributed by atoms with Gasteiger partial charge in [0.15, 0.2) is 6.79 Å². The average Bonchev–Trinajstić information content (AvgIpc) is 2.45. The first kappa shape index (κ1) is 16.4. The predicted octanol–water partition coefficient (Wildman–Crippen LogP) is 2.57. The second-order valence-corrected chi connectivity index (χ2v) is 4.26. The maximum absolute atomic E-state index is 11.9. The molecule has 0 spiro atoms. The third-order valence-electron chi connectivity index (χ3n) is 2.64. The first-order valence-electron chi connectivity index (χ1n) is 6.25.